The fourth-order valence-corrected chi connectivity index (χ4v) is 10.3. The van der Waals surface area contributed by atoms with Crippen LogP contribution in [-0.2, 0) is 12.8 Å². The summed E-state index contributed by atoms with van der Waals surface area (Å²) in [5.74, 6) is 0. The van der Waals surface area contributed by atoms with Gasteiger partial charge in [0.25, 0.3) is 0 Å². The Morgan fingerprint density at radius 3 is 2.00 bits per heavy atom. The Balaban J connectivity index is 1.57. The summed E-state index contributed by atoms with van der Waals surface area (Å²) in [5, 5.41) is 9.28. The Morgan fingerprint density at radius 1 is 0.760 bits per heavy atom. The summed E-state index contributed by atoms with van der Waals surface area (Å²) in [6.45, 7) is 0. The SMILES string of the molecule is N#Cc1ccc2c(c1)CC(P(C1CCCCC1)C1CCCCC1)CC2. The van der Waals surface area contributed by atoms with Crippen LogP contribution in [-0.4, -0.2) is 17.0 Å². The zero-order valence-electron chi connectivity index (χ0n) is 15.6. The molecule has 1 nitrogen and oxygen atoms in total. The molecule has 2 saturated carbocycles. The number of hydrogen-bond donors (Lipinski definition) is 0. The summed E-state index contributed by atoms with van der Waals surface area (Å²) in [4.78, 5) is 0. The van der Waals surface area contributed by atoms with Crippen molar-refractivity contribution in [3.8, 4) is 6.07 Å². The maximum Gasteiger partial charge on any atom is 0.0991 e. The van der Waals surface area contributed by atoms with E-state index in [2.05, 4.69) is 18.2 Å². The van der Waals surface area contributed by atoms with E-state index in [0.717, 1.165) is 22.5 Å². The van der Waals surface area contributed by atoms with Gasteiger partial charge in [-0.1, -0.05) is 52.5 Å². The second kappa shape index (κ2) is 8.22. The Hall–Kier alpha value is -0.860. The van der Waals surface area contributed by atoms with Gasteiger partial charge in [-0.25, -0.2) is 0 Å². The molecule has 134 valence electrons. The van der Waals surface area contributed by atoms with Gasteiger partial charge in [0.1, 0.15) is 0 Å². The third kappa shape index (κ3) is 3.95. The maximum absolute atomic E-state index is 9.28. The van der Waals surface area contributed by atoms with E-state index in [-0.39, 0.29) is 7.92 Å². The summed E-state index contributed by atoms with van der Waals surface area (Å²) in [6, 6.07) is 8.81. The lowest BCUT2D eigenvalue weighted by molar-refractivity contribution is 0.477. The van der Waals surface area contributed by atoms with E-state index in [1.165, 1.54) is 94.6 Å². The molecule has 25 heavy (non-hydrogen) atoms. The quantitative estimate of drug-likeness (QED) is 0.564. The molecular weight excluding hydrogens is 321 g/mol. The van der Waals surface area contributed by atoms with Crippen molar-refractivity contribution in [1.29, 1.82) is 5.26 Å². The lowest BCUT2D eigenvalue weighted by atomic mass is 9.90. The van der Waals surface area contributed by atoms with E-state index < -0.39 is 0 Å². The number of aryl methyl sites for hydroxylation is 1. The van der Waals surface area contributed by atoms with Gasteiger partial charge < -0.3 is 0 Å². The lowest BCUT2D eigenvalue weighted by Crippen LogP contribution is -2.30. The Morgan fingerprint density at radius 2 is 1.40 bits per heavy atom. The van der Waals surface area contributed by atoms with Crippen LogP contribution in [0, 0.1) is 11.3 Å². The predicted octanol–water partition coefficient (Wildman–Crippen LogP) is 6.56. The van der Waals surface area contributed by atoms with Crippen molar-refractivity contribution >= 4 is 7.92 Å². The van der Waals surface area contributed by atoms with E-state index in [1.807, 2.05) is 6.07 Å². The zero-order chi connectivity index (χ0) is 17.1. The first kappa shape index (κ1) is 17.5. The van der Waals surface area contributed by atoms with Gasteiger partial charge in [-0.3, -0.25) is 0 Å². The monoisotopic (exact) mass is 353 g/mol. The highest BCUT2D eigenvalue weighted by atomic mass is 31.1. The second-order valence-electron chi connectivity index (χ2n) is 8.52. The van der Waals surface area contributed by atoms with Gasteiger partial charge in [-0.15, -0.1) is 0 Å². The fourth-order valence-electron chi connectivity index (χ4n) is 5.71. The molecule has 2 heteroatoms. The van der Waals surface area contributed by atoms with Crippen LogP contribution in [0.4, 0.5) is 0 Å². The molecular formula is C23H32NP. The number of rotatable bonds is 3. The summed E-state index contributed by atoms with van der Waals surface area (Å²) >= 11 is 0. The van der Waals surface area contributed by atoms with Crippen molar-refractivity contribution in [3.05, 3.63) is 34.9 Å². The Bertz CT molecular complexity index is 601. The number of hydrogen-bond acceptors (Lipinski definition) is 1. The molecule has 0 bridgehead atoms. The first-order chi connectivity index (χ1) is 12.3. The fraction of sp³-hybridized carbons (Fsp3) is 0.696. The van der Waals surface area contributed by atoms with Crippen LogP contribution in [0.5, 0.6) is 0 Å². The molecule has 0 amide bonds. The van der Waals surface area contributed by atoms with Gasteiger partial charge in [0.15, 0.2) is 0 Å². The number of fused-ring (bicyclic) bond motifs is 1. The van der Waals surface area contributed by atoms with Gasteiger partial charge in [0.2, 0.25) is 0 Å². The molecule has 0 heterocycles. The molecule has 0 N–H and O–H groups in total. The molecule has 0 spiro atoms. The van der Waals surface area contributed by atoms with Crippen molar-refractivity contribution in [2.75, 3.05) is 0 Å². The molecule has 3 aliphatic carbocycles. The predicted molar refractivity (Wildman–Crippen MR) is 108 cm³/mol. The first-order valence-corrected chi connectivity index (χ1v) is 12.2. The van der Waals surface area contributed by atoms with Crippen LogP contribution >= 0.6 is 7.92 Å². The first-order valence-electron chi connectivity index (χ1n) is 10.6. The molecule has 1 aromatic rings. The van der Waals surface area contributed by atoms with Gasteiger partial charge >= 0.3 is 0 Å². The topological polar surface area (TPSA) is 23.8 Å². The van der Waals surface area contributed by atoms with Crippen molar-refractivity contribution in [2.24, 2.45) is 0 Å². The summed E-state index contributed by atoms with van der Waals surface area (Å²) in [6.07, 6.45) is 18.9. The van der Waals surface area contributed by atoms with Crippen molar-refractivity contribution in [2.45, 2.75) is 100 Å². The highest BCUT2D eigenvalue weighted by Crippen LogP contribution is 2.61. The van der Waals surface area contributed by atoms with Crippen molar-refractivity contribution in [3.63, 3.8) is 0 Å². The summed E-state index contributed by atoms with van der Waals surface area (Å²) < 4.78 is 0. The van der Waals surface area contributed by atoms with E-state index in [0.29, 0.717) is 0 Å². The van der Waals surface area contributed by atoms with Gasteiger partial charge in [0.05, 0.1) is 11.6 Å². The van der Waals surface area contributed by atoms with Gasteiger partial charge in [-0.2, -0.15) is 5.26 Å². The van der Waals surface area contributed by atoms with Gasteiger partial charge in [0, 0.05) is 0 Å². The molecule has 0 aliphatic heterocycles. The maximum atomic E-state index is 9.28. The summed E-state index contributed by atoms with van der Waals surface area (Å²) in [5.41, 5.74) is 6.93. The molecule has 2 fully saturated rings. The average molecular weight is 353 g/mol. The Labute approximate surface area is 155 Å². The minimum Gasteiger partial charge on any atom is -0.192 e. The molecule has 4 rings (SSSR count). The minimum atomic E-state index is 0.164. The molecule has 1 aromatic carbocycles. The molecule has 0 radical (unpaired) electrons. The highest BCUT2D eigenvalue weighted by molar-refractivity contribution is 7.60. The largest absolute Gasteiger partial charge is 0.192 e. The molecule has 1 unspecified atom stereocenters. The highest BCUT2D eigenvalue weighted by Gasteiger charge is 2.37. The zero-order valence-corrected chi connectivity index (χ0v) is 16.4. The average Bonchev–Trinajstić information content (AvgIpc) is 2.69. The molecule has 1 atom stereocenters. The van der Waals surface area contributed by atoms with E-state index >= 15 is 0 Å². The van der Waals surface area contributed by atoms with Crippen LogP contribution in [0.25, 0.3) is 0 Å². The Kier molecular flexibility index (Phi) is 5.77. The molecule has 0 aromatic heterocycles. The molecule has 3 aliphatic rings. The minimum absolute atomic E-state index is 0.164. The van der Waals surface area contributed by atoms with Gasteiger partial charge in [-0.05, 0) is 85.2 Å². The third-order valence-corrected chi connectivity index (χ3v) is 11.0. The number of benzene rings is 1. The lowest BCUT2D eigenvalue weighted by Gasteiger charge is -2.44. The normalized spacial score (nSPS) is 25.5. The standard InChI is InChI=1S/C23H32NP/c24-17-18-11-12-19-13-14-23(16-20(19)15-18)25(21-7-3-1-4-8-21)22-9-5-2-6-10-22/h11-12,15,21-23H,1-10,13-14,16H2. The number of nitrogens with zero attached hydrogens (tertiary/aromatic N) is 1. The van der Waals surface area contributed by atoms with Crippen LogP contribution in [0.15, 0.2) is 18.2 Å². The second-order valence-corrected chi connectivity index (χ2v) is 11.6. The van der Waals surface area contributed by atoms with Crippen LogP contribution in [0.2, 0.25) is 0 Å². The molecule has 0 saturated heterocycles. The van der Waals surface area contributed by atoms with E-state index in [1.54, 1.807) is 0 Å². The summed E-state index contributed by atoms with van der Waals surface area (Å²) in [7, 11) is 0.164. The van der Waals surface area contributed by atoms with E-state index in [4.69, 9.17) is 0 Å². The van der Waals surface area contributed by atoms with Crippen LogP contribution in [0.3, 0.4) is 0 Å². The smallest absolute Gasteiger partial charge is 0.0991 e. The van der Waals surface area contributed by atoms with Crippen LogP contribution < -0.4 is 0 Å². The number of nitriles is 1. The van der Waals surface area contributed by atoms with Crippen LogP contribution in [0.1, 0.15) is 87.3 Å². The third-order valence-electron chi connectivity index (χ3n) is 6.95. The van der Waals surface area contributed by atoms with E-state index in [9.17, 15) is 5.26 Å². The van der Waals surface area contributed by atoms with Crippen molar-refractivity contribution in [1.82, 2.24) is 0 Å². The van der Waals surface area contributed by atoms with Crippen molar-refractivity contribution < 1.29 is 0 Å².